The van der Waals surface area contributed by atoms with Crippen molar-refractivity contribution in [2.45, 2.75) is 50.1 Å². The van der Waals surface area contributed by atoms with Crippen LogP contribution in [0.4, 0.5) is 11.6 Å². The van der Waals surface area contributed by atoms with Gasteiger partial charge in [-0.05, 0) is 74.0 Å². The van der Waals surface area contributed by atoms with E-state index in [1.165, 1.54) is 11.1 Å². The van der Waals surface area contributed by atoms with E-state index in [1.807, 2.05) is 28.9 Å². The minimum Gasteiger partial charge on any atom is -0.324 e. The molecule has 9 nitrogen and oxygen atoms in total. The molecule has 0 spiro atoms. The fraction of sp³-hybridized carbons (Fsp3) is 0.346. The molecule has 2 fully saturated rings. The molecule has 4 heterocycles. The maximum absolute atomic E-state index is 13.3. The highest BCUT2D eigenvalue weighted by atomic mass is 16.1. The number of anilines is 2. The molecule has 0 saturated heterocycles. The molecular weight excluding hydrogens is 440 g/mol. The van der Waals surface area contributed by atoms with Crippen LogP contribution in [0.5, 0.6) is 0 Å². The summed E-state index contributed by atoms with van der Waals surface area (Å²) in [7, 11) is 0. The van der Waals surface area contributed by atoms with Gasteiger partial charge in [0.2, 0.25) is 5.95 Å². The van der Waals surface area contributed by atoms with Crippen LogP contribution in [0.2, 0.25) is 0 Å². The molecule has 3 aromatic heterocycles. The summed E-state index contributed by atoms with van der Waals surface area (Å²) in [6, 6.07) is 14.5. The first kappa shape index (κ1) is 20.4. The molecule has 2 saturated carbocycles. The summed E-state index contributed by atoms with van der Waals surface area (Å²) in [5.74, 6) is 1.04. The van der Waals surface area contributed by atoms with Crippen molar-refractivity contribution in [1.29, 1.82) is 5.26 Å². The van der Waals surface area contributed by atoms with Gasteiger partial charge in [0.1, 0.15) is 5.39 Å². The maximum Gasteiger partial charge on any atom is 0.278 e. The van der Waals surface area contributed by atoms with E-state index in [1.54, 1.807) is 10.9 Å². The largest absolute Gasteiger partial charge is 0.324 e. The Morgan fingerprint density at radius 3 is 2.83 bits per heavy atom. The lowest BCUT2D eigenvalue weighted by Gasteiger charge is -2.18. The zero-order chi connectivity index (χ0) is 23.6. The van der Waals surface area contributed by atoms with E-state index in [0.29, 0.717) is 22.8 Å². The van der Waals surface area contributed by atoms with Crippen molar-refractivity contribution in [1.82, 2.24) is 29.6 Å². The molecule has 1 aromatic carbocycles. The van der Waals surface area contributed by atoms with E-state index >= 15 is 0 Å². The molecule has 0 bridgehead atoms. The van der Waals surface area contributed by atoms with Crippen molar-refractivity contribution in [3.63, 3.8) is 0 Å². The second kappa shape index (κ2) is 7.48. The third-order valence-electron chi connectivity index (χ3n) is 7.27. The molecule has 4 aromatic rings. The molecule has 9 heteroatoms. The van der Waals surface area contributed by atoms with E-state index < -0.39 is 5.41 Å². The van der Waals surface area contributed by atoms with Crippen molar-refractivity contribution < 1.29 is 0 Å². The first-order chi connectivity index (χ1) is 17.1. The van der Waals surface area contributed by atoms with Crippen LogP contribution >= 0.6 is 0 Å². The SMILES string of the molecule is N#CC1(c2cccc(-n3c4nc(Nc5ccc6c(c5)CCNC6)ncc4c(=O)n3C3CC3)n2)CC1. The van der Waals surface area contributed by atoms with Crippen molar-refractivity contribution in [3.05, 3.63) is 69.8 Å². The zero-order valence-corrected chi connectivity index (χ0v) is 19.2. The quantitative estimate of drug-likeness (QED) is 0.466. The number of pyridine rings is 1. The van der Waals surface area contributed by atoms with Gasteiger partial charge in [-0.3, -0.25) is 4.79 Å². The Labute approximate surface area is 201 Å². The molecule has 0 radical (unpaired) electrons. The van der Waals surface area contributed by atoms with Crippen molar-refractivity contribution >= 4 is 22.7 Å². The van der Waals surface area contributed by atoms with Crippen LogP contribution in [-0.2, 0) is 18.4 Å². The molecule has 0 atom stereocenters. The van der Waals surface area contributed by atoms with Crippen LogP contribution in [-0.4, -0.2) is 30.9 Å². The van der Waals surface area contributed by atoms with E-state index in [0.717, 1.165) is 56.6 Å². The van der Waals surface area contributed by atoms with Gasteiger partial charge in [-0.1, -0.05) is 12.1 Å². The summed E-state index contributed by atoms with van der Waals surface area (Å²) in [4.78, 5) is 27.4. The Hall–Kier alpha value is -4.03. The second-order valence-corrected chi connectivity index (χ2v) is 9.73. The van der Waals surface area contributed by atoms with Crippen LogP contribution in [0.25, 0.3) is 16.9 Å². The van der Waals surface area contributed by atoms with E-state index in [9.17, 15) is 10.1 Å². The number of benzene rings is 1. The third kappa shape index (κ3) is 3.33. The maximum atomic E-state index is 13.3. The lowest BCUT2D eigenvalue weighted by molar-refractivity contribution is 0.551. The zero-order valence-electron chi connectivity index (χ0n) is 19.2. The van der Waals surface area contributed by atoms with Gasteiger partial charge in [-0.15, -0.1) is 0 Å². The fourth-order valence-electron chi connectivity index (χ4n) is 4.97. The lowest BCUT2D eigenvalue weighted by Crippen LogP contribution is -2.23. The van der Waals surface area contributed by atoms with Gasteiger partial charge in [-0.2, -0.15) is 10.2 Å². The third-order valence-corrected chi connectivity index (χ3v) is 7.27. The summed E-state index contributed by atoms with van der Waals surface area (Å²) in [6.07, 6.45) is 6.11. The number of nitrogens with zero attached hydrogens (tertiary/aromatic N) is 6. The monoisotopic (exact) mass is 464 g/mol. The average molecular weight is 465 g/mol. The summed E-state index contributed by atoms with van der Waals surface area (Å²) in [6.45, 7) is 1.86. The van der Waals surface area contributed by atoms with E-state index in [2.05, 4.69) is 33.8 Å². The minimum atomic E-state index is -0.507. The molecule has 174 valence electrons. The number of hydrogen-bond donors (Lipinski definition) is 2. The number of nitriles is 1. The molecule has 2 aliphatic carbocycles. The minimum absolute atomic E-state index is 0.107. The summed E-state index contributed by atoms with van der Waals surface area (Å²) in [5.41, 5.74) is 4.21. The molecule has 3 aliphatic rings. The van der Waals surface area contributed by atoms with Gasteiger partial charge in [0, 0.05) is 18.4 Å². The summed E-state index contributed by atoms with van der Waals surface area (Å²) >= 11 is 0. The first-order valence-corrected chi connectivity index (χ1v) is 12.1. The predicted octanol–water partition coefficient (Wildman–Crippen LogP) is 3.26. The van der Waals surface area contributed by atoms with Gasteiger partial charge in [0.25, 0.3) is 5.56 Å². The topological polar surface area (TPSA) is 113 Å². The predicted molar refractivity (Wildman–Crippen MR) is 131 cm³/mol. The molecule has 2 N–H and O–H groups in total. The van der Waals surface area contributed by atoms with Crippen LogP contribution in [0, 0.1) is 11.3 Å². The van der Waals surface area contributed by atoms with E-state index in [4.69, 9.17) is 9.97 Å². The van der Waals surface area contributed by atoms with Crippen LogP contribution in [0.3, 0.4) is 0 Å². The number of fused-ring (bicyclic) bond motifs is 2. The summed E-state index contributed by atoms with van der Waals surface area (Å²) in [5, 5.41) is 16.8. The van der Waals surface area contributed by atoms with E-state index in [-0.39, 0.29) is 11.6 Å². The normalized spacial score (nSPS) is 18.1. The molecule has 35 heavy (non-hydrogen) atoms. The number of nitrogens with one attached hydrogen (secondary N) is 2. The molecule has 0 unspecified atom stereocenters. The molecule has 7 rings (SSSR count). The molecule has 0 amide bonds. The number of hydrogen-bond acceptors (Lipinski definition) is 7. The Balaban J connectivity index is 1.34. The van der Waals surface area contributed by atoms with Crippen molar-refractivity contribution in [2.24, 2.45) is 0 Å². The highest BCUT2D eigenvalue weighted by Crippen LogP contribution is 2.46. The van der Waals surface area contributed by atoms with Crippen molar-refractivity contribution in [3.8, 4) is 11.9 Å². The van der Waals surface area contributed by atoms with Crippen LogP contribution in [0.1, 0.15) is 48.5 Å². The van der Waals surface area contributed by atoms with Gasteiger partial charge >= 0.3 is 0 Å². The van der Waals surface area contributed by atoms with Gasteiger partial charge in [-0.25, -0.2) is 19.3 Å². The Kier molecular flexibility index (Phi) is 4.35. The Morgan fingerprint density at radius 1 is 1.14 bits per heavy atom. The average Bonchev–Trinajstić information content (AvgIpc) is 3.82. The number of aromatic nitrogens is 5. The molecular formula is C26H24N8O. The Morgan fingerprint density at radius 2 is 2.03 bits per heavy atom. The first-order valence-electron chi connectivity index (χ1n) is 12.1. The van der Waals surface area contributed by atoms with Crippen LogP contribution < -0.4 is 16.2 Å². The van der Waals surface area contributed by atoms with Gasteiger partial charge in [0.05, 0.1) is 23.2 Å². The smallest absolute Gasteiger partial charge is 0.278 e. The molecule has 1 aliphatic heterocycles. The van der Waals surface area contributed by atoms with Gasteiger partial charge < -0.3 is 10.6 Å². The highest BCUT2D eigenvalue weighted by molar-refractivity contribution is 5.77. The highest BCUT2D eigenvalue weighted by Gasteiger charge is 2.46. The lowest BCUT2D eigenvalue weighted by atomic mass is 10.0. The van der Waals surface area contributed by atoms with Crippen molar-refractivity contribution in [2.75, 3.05) is 11.9 Å². The Bertz CT molecular complexity index is 1590. The number of rotatable bonds is 5. The fourth-order valence-corrected chi connectivity index (χ4v) is 4.97. The second-order valence-electron chi connectivity index (χ2n) is 9.73. The standard InChI is InChI=1S/C26H24N8O/c27-15-26(9-10-26)21-2-1-3-22(31-21)34-23-20(24(35)33(34)19-6-7-19)14-29-25(32-23)30-18-5-4-17-13-28-11-8-16(17)12-18/h1-5,12,14,19,28H,6-11,13H2,(H,29,30,32). The summed E-state index contributed by atoms with van der Waals surface area (Å²) < 4.78 is 3.57. The van der Waals surface area contributed by atoms with Crippen LogP contribution in [0.15, 0.2) is 47.4 Å². The van der Waals surface area contributed by atoms with Gasteiger partial charge in [0.15, 0.2) is 11.5 Å².